The van der Waals surface area contributed by atoms with Crippen LogP contribution in [0.2, 0.25) is 0 Å². The number of aryl methyl sites for hydroxylation is 1. The van der Waals surface area contributed by atoms with Gasteiger partial charge in [-0.3, -0.25) is 4.79 Å². The molecule has 3 rings (SSSR count). The normalized spacial score (nSPS) is 17.7. The largest absolute Gasteiger partial charge is 0.477 e. The highest BCUT2D eigenvalue weighted by molar-refractivity contribution is 7.15. The zero-order valence-electron chi connectivity index (χ0n) is 13.2. The molecule has 0 spiro atoms. The Kier molecular flexibility index (Phi) is 5.27. The van der Waals surface area contributed by atoms with Crippen LogP contribution in [-0.2, 0) is 11.2 Å². The van der Waals surface area contributed by atoms with Gasteiger partial charge >= 0.3 is 5.97 Å². The number of aromatic carboxylic acids is 1. The van der Waals surface area contributed by atoms with E-state index in [1.54, 1.807) is 11.0 Å². The monoisotopic (exact) mass is 345 g/mol. The van der Waals surface area contributed by atoms with Crippen LogP contribution in [0.4, 0.5) is 0 Å². The molecule has 1 saturated heterocycles. The molecule has 5 nitrogen and oxygen atoms in total. The topological polar surface area (TPSA) is 66.8 Å². The third-order valence-corrected chi connectivity index (χ3v) is 5.11. The highest BCUT2D eigenvalue weighted by atomic mass is 32.1. The van der Waals surface area contributed by atoms with E-state index in [0.717, 1.165) is 24.2 Å². The summed E-state index contributed by atoms with van der Waals surface area (Å²) in [7, 11) is 0. The summed E-state index contributed by atoms with van der Waals surface area (Å²) in [5.74, 6) is -1.11. The van der Waals surface area contributed by atoms with Crippen molar-refractivity contribution in [1.29, 1.82) is 0 Å². The zero-order valence-corrected chi connectivity index (χ0v) is 14.0. The van der Waals surface area contributed by atoms with Crippen LogP contribution in [0.3, 0.4) is 0 Å². The molecular weight excluding hydrogens is 326 g/mol. The Bertz CT molecular complexity index is 713. The van der Waals surface area contributed by atoms with Crippen LogP contribution in [0.5, 0.6) is 0 Å². The molecule has 1 fully saturated rings. The van der Waals surface area contributed by atoms with Crippen molar-refractivity contribution in [3.8, 4) is 0 Å². The number of morpholine rings is 1. The van der Waals surface area contributed by atoms with Gasteiger partial charge in [-0.2, -0.15) is 0 Å². The first-order valence-corrected chi connectivity index (χ1v) is 8.73. The summed E-state index contributed by atoms with van der Waals surface area (Å²) in [6.07, 6.45) is 1.79. The first-order valence-electron chi connectivity index (χ1n) is 7.91. The molecule has 1 N–H and O–H groups in total. The number of carboxylic acid groups (broad SMARTS) is 1. The summed E-state index contributed by atoms with van der Waals surface area (Å²) in [6, 6.07) is 13.3. The average molecular weight is 345 g/mol. The number of thiophene rings is 1. The lowest BCUT2D eigenvalue weighted by Gasteiger charge is -2.32. The number of benzene rings is 1. The van der Waals surface area contributed by atoms with Crippen LogP contribution < -0.4 is 0 Å². The molecule has 1 aromatic carbocycles. The summed E-state index contributed by atoms with van der Waals surface area (Å²) in [5, 5.41) is 8.98. The maximum atomic E-state index is 12.5. The summed E-state index contributed by atoms with van der Waals surface area (Å²) in [5.41, 5.74) is 1.26. The molecule has 0 bridgehead atoms. The van der Waals surface area contributed by atoms with Gasteiger partial charge in [0.2, 0.25) is 0 Å². The fraction of sp³-hybridized carbons (Fsp3) is 0.333. The SMILES string of the molecule is O=C(O)c1ccc(C(=O)N2CCOC(CCc3ccccc3)C2)s1. The number of carbonyl (C=O) groups is 2. The molecule has 6 heteroatoms. The molecule has 1 aliphatic heterocycles. The van der Waals surface area contributed by atoms with Crippen molar-refractivity contribution >= 4 is 23.2 Å². The molecule has 1 aromatic heterocycles. The standard InChI is InChI=1S/C18H19NO4S/c20-17(15-8-9-16(24-15)18(21)22)19-10-11-23-14(12-19)7-6-13-4-2-1-3-5-13/h1-5,8-9,14H,6-7,10-12H2,(H,21,22). The first-order chi connectivity index (χ1) is 11.6. The van der Waals surface area contributed by atoms with Gasteiger partial charge in [-0.1, -0.05) is 30.3 Å². The minimum atomic E-state index is -0.998. The minimum absolute atomic E-state index is 0.0156. The Morgan fingerprint density at radius 2 is 1.92 bits per heavy atom. The van der Waals surface area contributed by atoms with E-state index >= 15 is 0 Å². The molecule has 1 atom stereocenters. The van der Waals surface area contributed by atoms with Crippen LogP contribution in [0.25, 0.3) is 0 Å². The summed E-state index contributed by atoms with van der Waals surface area (Å²) in [4.78, 5) is 25.9. The number of carbonyl (C=O) groups excluding carboxylic acids is 1. The Hall–Kier alpha value is -2.18. The van der Waals surface area contributed by atoms with Gasteiger partial charge in [0.15, 0.2) is 0 Å². The highest BCUT2D eigenvalue weighted by Crippen LogP contribution is 2.20. The third-order valence-electron chi connectivity index (χ3n) is 4.05. The van der Waals surface area contributed by atoms with Crippen LogP contribution in [-0.4, -0.2) is 47.7 Å². The molecule has 126 valence electrons. The molecule has 2 aromatic rings. The lowest BCUT2D eigenvalue weighted by atomic mass is 10.1. The van der Waals surface area contributed by atoms with Crippen LogP contribution in [0.1, 0.15) is 31.3 Å². The Morgan fingerprint density at radius 1 is 1.17 bits per heavy atom. The van der Waals surface area contributed by atoms with Gasteiger partial charge in [0, 0.05) is 13.1 Å². The van der Waals surface area contributed by atoms with E-state index in [4.69, 9.17) is 9.84 Å². The van der Waals surface area contributed by atoms with Crippen molar-refractivity contribution in [3.63, 3.8) is 0 Å². The molecule has 24 heavy (non-hydrogen) atoms. The second-order valence-electron chi connectivity index (χ2n) is 5.74. The molecular formula is C18H19NO4S. The van der Waals surface area contributed by atoms with E-state index in [-0.39, 0.29) is 16.9 Å². The van der Waals surface area contributed by atoms with Crippen molar-refractivity contribution in [2.24, 2.45) is 0 Å². The number of hydrogen-bond acceptors (Lipinski definition) is 4. The van der Waals surface area contributed by atoms with Crippen molar-refractivity contribution < 1.29 is 19.4 Å². The van der Waals surface area contributed by atoms with Gasteiger partial charge in [0.25, 0.3) is 5.91 Å². The number of rotatable bonds is 5. The number of amides is 1. The van der Waals surface area contributed by atoms with E-state index in [1.807, 2.05) is 18.2 Å². The maximum absolute atomic E-state index is 12.5. The molecule has 1 amide bonds. The molecule has 0 saturated carbocycles. The van der Waals surface area contributed by atoms with E-state index in [0.29, 0.717) is 24.6 Å². The average Bonchev–Trinajstić information content (AvgIpc) is 3.11. The second kappa shape index (κ2) is 7.59. The van der Waals surface area contributed by atoms with Crippen molar-refractivity contribution in [3.05, 3.63) is 57.8 Å². The molecule has 0 aliphatic carbocycles. The first kappa shape index (κ1) is 16.7. The van der Waals surface area contributed by atoms with Crippen molar-refractivity contribution in [2.75, 3.05) is 19.7 Å². The fourth-order valence-electron chi connectivity index (χ4n) is 2.77. The summed E-state index contributed by atoms with van der Waals surface area (Å²) >= 11 is 1.02. The van der Waals surface area contributed by atoms with E-state index in [1.165, 1.54) is 11.6 Å². The van der Waals surface area contributed by atoms with Crippen LogP contribution in [0.15, 0.2) is 42.5 Å². The lowest BCUT2D eigenvalue weighted by Crippen LogP contribution is -2.45. The molecule has 1 aliphatic rings. The number of carboxylic acids is 1. The summed E-state index contributed by atoms with van der Waals surface area (Å²) < 4.78 is 5.77. The number of hydrogen-bond donors (Lipinski definition) is 1. The predicted molar refractivity (Wildman–Crippen MR) is 91.7 cm³/mol. The van der Waals surface area contributed by atoms with Gasteiger partial charge in [-0.05, 0) is 30.5 Å². The van der Waals surface area contributed by atoms with Crippen molar-refractivity contribution in [1.82, 2.24) is 4.90 Å². The minimum Gasteiger partial charge on any atom is -0.477 e. The second-order valence-corrected chi connectivity index (χ2v) is 6.82. The van der Waals surface area contributed by atoms with Crippen molar-refractivity contribution in [2.45, 2.75) is 18.9 Å². The predicted octanol–water partition coefficient (Wildman–Crippen LogP) is 2.92. The Morgan fingerprint density at radius 3 is 2.62 bits per heavy atom. The fourth-order valence-corrected chi connectivity index (χ4v) is 3.59. The van der Waals surface area contributed by atoms with Gasteiger partial charge in [-0.15, -0.1) is 11.3 Å². The van der Waals surface area contributed by atoms with E-state index < -0.39 is 5.97 Å². The quantitative estimate of drug-likeness (QED) is 0.905. The highest BCUT2D eigenvalue weighted by Gasteiger charge is 2.26. The Labute approximate surface area is 144 Å². The molecule has 1 unspecified atom stereocenters. The van der Waals surface area contributed by atoms with Gasteiger partial charge in [0.1, 0.15) is 4.88 Å². The van der Waals surface area contributed by atoms with Crippen LogP contribution >= 0.6 is 11.3 Å². The number of nitrogens with zero attached hydrogens (tertiary/aromatic N) is 1. The van der Waals surface area contributed by atoms with Crippen LogP contribution in [0, 0.1) is 0 Å². The number of ether oxygens (including phenoxy) is 1. The smallest absolute Gasteiger partial charge is 0.345 e. The third kappa shape index (κ3) is 4.01. The van der Waals surface area contributed by atoms with Gasteiger partial charge < -0.3 is 14.7 Å². The lowest BCUT2D eigenvalue weighted by molar-refractivity contribution is -0.0244. The Balaban J connectivity index is 1.58. The molecule has 0 radical (unpaired) electrons. The zero-order chi connectivity index (χ0) is 16.9. The summed E-state index contributed by atoms with van der Waals surface area (Å²) in [6.45, 7) is 1.61. The molecule has 2 heterocycles. The van der Waals surface area contributed by atoms with Gasteiger partial charge in [-0.25, -0.2) is 4.79 Å². The van der Waals surface area contributed by atoms with E-state index in [9.17, 15) is 9.59 Å². The maximum Gasteiger partial charge on any atom is 0.345 e. The van der Waals surface area contributed by atoms with Gasteiger partial charge in [0.05, 0.1) is 17.6 Å². The van der Waals surface area contributed by atoms with E-state index in [2.05, 4.69) is 12.1 Å².